The van der Waals surface area contributed by atoms with Crippen molar-refractivity contribution in [2.45, 2.75) is 19.3 Å². The minimum Gasteiger partial charge on any atom is -0.351 e. The maximum absolute atomic E-state index is 12.6. The molecule has 1 N–H and O–H groups in total. The summed E-state index contributed by atoms with van der Waals surface area (Å²) >= 11 is 12.6. The van der Waals surface area contributed by atoms with Crippen molar-refractivity contribution in [2.24, 2.45) is 0 Å². The number of nitrogens with one attached hydrogen (secondary N) is 1. The summed E-state index contributed by atoms with van der Waals surface area (Å²) in [7, 11) is 0. The van der Waals surface area contributed by atoms with Gasteiger partial charge in [-0.2, -0.15) is 0 Å². The number of tetrazole rings is 1. The maximum Gasteiger partial charge on any atom is 0.251 e. The molecule has 1 amide bonds. The van der Waals surface area contributed by atoms with Crippen molar-refractivity contribution < 1.29 is 4.79 Å². The fraction of sp³-hybridized carbons (Fsp3) is 0.222. The molecule has 0 radical (unpaired) electrons. The standard InChI is InChI=1S/C18H17Cl2N5O/c1-18(2,16-14(19)7-4-8-15(16)20)10-21-17(26)12-5-3-6-13(9-12)25-11-22-23-24-25/h3-9,11H,10H2,1-2H3,(H,21,26). The molecular formula is C18H17Cl2N5O. The Kier molecular flexibility index (Phi) is 5.25. The molecule has 8 heteroatoms. The first-order valence-corrected chi connectivity index (χ1v) is 8.70. The van der Waals surface area contributed by atoms with Gasteiger partial charge in [-0.1, -0.05) is 49.2 Å². The van der Waals surface area contributed by atoms with E-state index in [0.29, 0.717) is 27.8 Å². The van der Waals surface area contributed by atoms with E-state index in [1.54, 1.807) is 36.4 Å². The molecule has 0 saturated heterocycles. The smallest absolute Gasteiger partial charge is 0.251 e. The number of benzene rings is 2. The quantitative estimate of drug-likeness (QED) is 0.722. The monoisotopic (exact) mass is 389 g/mol. The number of aromatic nitrogens is 4. The van der Waals surface area contributed by atoms with Crippen LogP contribution in [-0.4, -0.2) is 32.7 Å². The Balaban J connectivity index is 1.76. The van der Waals surface area contributed by atoms with Crippen LogP contribution >= 0.6 is 23.2 Å². The third-order valence-electron chi connectivity index (χ3n) is 4.05. The molecule has 0 aliphatic heterocycles. The number of amides is 1. The highest BCUT2D eigenvalue weighted by atomic mass is 35.5. The van der Waals surface area contributed by atoms with Gasteiger partial charge in [0.1, 0.15) is 6.33 Å². The predicted molar refractivity (Wildman–Crippen MR) is 101 cm³/mol. The van der Waals surface area contributed by atoms with Crippen molar-refractivity contribution >= 4 is 29.1 Å². The van der Waals surface area contributed by atoms with Gasteiger partial charge in [-0.05, 0) is 46.3 Å². The summed E-state index contributed by atoms with van der Waals surface area (Å²) in [6.07, 6.45) is 1.47. The summed E-state index contributed by atoms with van der Waals surface area (Å²) in [6.45, 7) is 4.35. The molecule has 26 heavy (non-hydrogen) atoms. The second kappa shape index (κ2) is 7.43. The number of carbonyl (C=O) groups is 1. The summed E-state index contributed by atoms with van der Waals surface area (Å²) in [6, 6.07) is 12.4. The fourth-order valence-electron chi connectivity index (χ4n) is 2.71. The number of carbonyl (C=O) groups excluding carboxylic acids is 1. The van der Waals surface area contributed by atoms with E-state index in [4.69, 9.17) is 23.2 Å². The highest BCUT2D eigenvalue weighted by Crippen LogP contribution is 2.35. The van der Waals surface area contributed by atoms with Crippen molar-refractivity contribution in [1.29, 1.82) is 0 Å². The van der Waals surface area contributed by atoms with Crippen LogP contribution in [-0.2, 0) is 5.41 Å². The van der Waals surface area contributed by atoms with Crippen molar-refractivity contribution in [3.05, 3.63) is 70.0 Å². The molecule has 1 heterocycles. The number of hydrogen-bond donors (Lipinski definition) is 1. The number of nitrogens with zero attached hydrogens (tertiary/aromatic N) is 4. The summed E-state index contributed by atoms with van der Waals surface area (Å²) in [5, 5.41) is 15.1. The fourth-order valence-corrected chi connectivity index (χ4v) is 3.61. The number of hydrogen-bond acceptors (Lipinski definition) is 4. The molecule has 6 nitrogen and oxygen atoms in total. The van der Waals surface area contributed by atoms with Gasteiger partial charge < -0.3 is 5.32 Å². The van der Waals surface area contributed by atoms with Gasteiger partial charge in [0.25, 0.3) is 5.91 Å². The molecule has 0 saturated carbocycles. The van der Waals surface area contributed by atoms with Gasteiger partial charge in [0, 0.05) is 27.6 Å². The number of rotatable bonds is 5. The molecule has 3 aromatic rings. The third kappa shape index (κ3) is 3.86. The molecule has 0 atom stereocenters. The predicted octanol–water partition coefficient (Wildman–Crippen LogP) is 3.68. The Morgan fingerprint density at radius 2 is 1.85 bits per heavy atom. The van der Waals surface area contributed by atoms with Gasteiger partial charge in [-0.15, -0.1) is 5.10 Å². The Labute approximate surface area is 161 Å². The zero-order valence-electron chi connectivity index (χ0n) is 14.3. The third-order valence-corrected chi connectivity index (χ3v) is 4.68. The van der Waals surface area contributed by atoms with E-state index in [0.717, 1.165) is 5.56 Å². The van der Waals surface area contributed by atoms with E-state index in [-0.39, 0.29) is 5.91 Å². The molecule has 3 rings (SSSR count). The SMILES string of the molecule is CC(C)(CNC(=O)c1cccc(-n2cnnn2)c1)c1c(Cl)cccc1Cl. The van der Waals surface area contributed by atoms with E-state index in [1.807, 2.05) is 19.9 Å². The molecule has 0 spiro atoms. The van der Waals surface area contributed by atoms with Crippen molar-refractivity contribution in [3.8, 4) is 5.69 Å². The van der Waals surface area contributed by atoms with Gasteiger partial charge in [0.05, 0.1) is 5.69 Å². The van der Waals surface area contributed by atoms with Crippen LogP contribution in [0.4, 0.5) is 0 Å². The topological polar surface area (TPSA) is 72.7 Å². The minimum atomic E-state index is -0.432. The zero-order valence-corrected chi connectivity index (χ0v) is 15.8. The van der Waals surface area contributed by atoms with Crippen LogP contribution in [0.25, 0.3) is 5.69 Å². The lowest BCUT2D eigenvalue weighted by molar-refractivity contribution is 0.0945. The van der Waals surface area contributed by atoms with Crippen molar-refractivity contribution in [1.82, 2.24) is 25.5 Å². The van der Waals surface area contributed by atoms with Crippen LogP contribution in [0.2, 0.25) is 10.0 Å². The summed E-state index contributed by atoms with van der Waals surface area (Å²) in [5.41, 5.74) is 1.60. The van der Waals surface area contributed by atoms with E-state index < -0.39 is 5.41 Å². The molecule has 134 valence electrons. The van der Waals surface area contributed by atoms with Gasteiger partial charge in [0.2, 0.25) is 0 Å². The van der Waals surface area contributed by atoms with Crippen LogP contribution in [0.15, 0.2) is 48.8 Å². The van der Waals surface area contributed by atoms with Crippen LogP contribution in [0.1, 0.15) is 29.8 Å². The van der Waals surface area contributed by atoms with Gasteiger partial charge in [-0.25, -0.2) is 4.68 Å². The van der Waals surface area contributed by atoms with E-state index in [2.05, 4.69) is 20.8 Å². The molecule has 2 aromatic carbocycles. The Morgan fingerprint density at radius 3 is 2.50 bits per heavy atom. The minimum absolute atomic E-state index is 0.198. The Morgan fingerprint density at radius 1 is 1.15 bits per heavy atom. The lowest BCUT2D eigenvalue weighted by Crippen LogP contribution is -2.37. The first-order chi connectivity index (χ1) is 12.4. The Hall–Kier alpha value is -2.44. The van der Waals surface area contributed by atoms with Gasteiger partial charge in [-0.3, -0.25) is 4.79 Å². The summed E-state index contributed by atoms with van der Waals surface area (Å²) < 4.78 is 1.49. The highest BCUT2D eigenvalue weighted by Gasteiger charge is 2.26. The summed E-state index contributed by atoms with van der Waals surface area (Å²) in [5.74, 6) is -0.198. The lowest BCUT2D eigenvalue weighted by atomic mass is 9.84. The molecule has 0 aliphatic rings. The highest BCUT2D eigenvalue weighted by molar-refractivity contribution is 6.36. The Bertz CT molecular complexity index is 905. The molecular weight excluding hydrogens is 373 g/mol. The average molecular weight is 390 g/mol. The molecule has 0 fully saturated rings. The van der Waals surface area contributed by atoms with E-state index >= 15 is 0 Å². The first kappa shape index (κ1) is 18.4. The second-order valence-corrected chi connectivity index (χ2v) is 7.28. The van der Waals surface area contributed by atoms with E-state index in [9.17, 15) is 4.79 Å². The largest absolute Gasteiger partial charge is 0.351 e. The number of halogens is 2. The zero-order chi connectivity index (χ0) is 18.7. The van der Waals surface area contributed by atoms with Crippen LogP contribution in [0.5, 0.6) is 0 Å². The molecule has 0 bridgehead atoms. The first-order valence-electron chi connectivity index (χ1n) is 7.94. The van der Waals surface area contributed by atoms with Crippen molar-refractivity contribution in [2.75, 3.05) is 6.54 Å². The summed E-state index contributed by atoms with van der Waals surface area (Å²) in [4.78, 5) is 12.6. The van der Waals surface area contributed by atoms with Gasteiger partial charge in [0.15, 0.2) is 0 Å². The van der Waals surface area contributed by atoms with Gasteiger partial charge >= 0.3 is 0 Å². The second-order valence-electron chi connectivity index (χ2n) is 6.47. The molecule has 0 aliphatic carbocycles. The normalized spacial score (nSPS) is 11.4. The molecule has 1 aromatic heterocycles. The van der Waals surface area contributed by atoms with Crippen LogP contribution < -0.4 is 5.32 Å². The van der Waals surface area contributed by atoms with Crippen LogP contribution in [0, 0.1) is 0 Å². The molecule has 0 unspecified atom stereocenters. The van der Waals surface area contributed by atoms with Crippen LogP contribution in [0.3, 0.4) is 0 Å². The maximum atomic E-state index is 12.6. The van der Waals surface area contributed by atoms with E-state index in [1.165, 1.54) is 11.0 Å². The van der Waals surface area contributed by atoms with Crippen molar-refractivity contribution in [3.63, 3.8) is 0 Å². The lowest BCUT2D eigenvalue weighted by Gasteiger charge is -2.27. The average Bonchev–Trinajstić information content (AvgIpc) is 3.14.